The molecule has 0 amide bonds. The molecule has 0 aliphatic carbocycles. The Morgan fingerprint density at radius 3 is 2.73 bits per heavy atom. The van der Waals surface area contributed by atoms with E-state index in [2.05, 4.69) is 9.97 Å². The van der Waals surface area contributed by atoms with Crippen LogP contribution in [-0.2, 0) is 0 Å². The number of hydrogen-bond donors (Lipinski definition) is 2. The molecule has 1 rings (SSSR count). The van der Waals surface area contributed by atoms with Crippen molar-refractivity contribution >= 4 is 5.76 Å². The summed E-state index contributed by atoms with van der Waals surface area (Å²) in [5.74, 6) is -0.0457. The Labute approximate surface area is 64.4 Å². The van der Waals surface area contributed by atoms with Gasteiger partial charge in [0.05, 0.1) is 5.69 Å². The third-order valence-electron chi connectivity index (χ3n) is 1.28. The van der Waals surface area contributed by atoms with E-state index in [0.29, 0.717) is 11.4 Å². The third-order valence-corrected chi connectivity index (χ3v) is 1.28. The lowest BCUT2D eigenvalue weighted by molar-refractivity contribution is 0.505. The summed E-state index contributed by atoms with van der Waals surface area (Å²) in [5.41, 5.74) is 6.18. The van der Waals surface area contributed by atoms with Crippen LogP contribution >= 0.6 is 0 Å². The largest absolute Gasteiger partial charge is 0.504 e. The quantitative estimate of drug-likeness (QED) is 0.576. The molecule has 0 aromatic carbocycles. The van der Waals surface area contributed by atoms with E-state index in [0.717, 1.165) is 6.20 Å². The summed E-state index contributed by atoms with van der Waals surface area (Å²) in [7, 11) is 0. The summed E-state index contributed by atoms with van der Waals surface area (Å²) in [5, 5.41) is 9.14. The van der Waals surface area contributed by atoms with E-state index < -0.39 is 0 Å². The van der Waals surface area contributed by atoms with Crippen LogP contribution in [0.4, 0.5) is 0 Å². The van der Waals surface area contributed by atoms with E-state index in [1.807, 2.05) is 0 Å². The Balaban J connectivity index is 3.14. The van der Waals surface area contributed by atoms with Gasteiger partial charge in [0.2, 0.25) is 0 Å². The van der Waals surface area contributed by atoms with Crippen LogP contribution in [0.2, 0.25) is 0 Å². The van der Waals surface area contributed by atoms with Gasteiger partial charge in [0.25, 0.3) is 0 Å². The van der Waals surface area contributed by atoms with Crippen LogP contribution in [0.3, 0.4) is 0 Å². The fourth-order valence-corrected chi connectivity index (χ4v) is 0.738. The molecule has 1 heterocycles. The van der Waals surface area contributed by atoms with Crippen molar-refractivity contribution in [3.8, 4) is 0 Å². The predicted octanol–water partition coefficient (Wildman–Crippen LogP) is 0.600. The molecule has 0 bridgehead atoms. The first-order chi connectivity index (χ1) is 5.25. The number of aliphatic hydroxyl groups is 1. The minimum Gasteiger partial charge on any atom is -0.504 e. The van der Waals surface area contributed by atoms with E-state index in [1.54, 1.807) is 13.1 Å². The molecule has 0 radical (unpaired) electrons. The standard InChI is InChI=1S/C7H9N3O/c1-5-7(6(11)4-8)10-3-2-9-5/h2-4,11H,8H2,1H3/b6-4+. The van der Waals surface area contributed by atoms with Crippen LogP contribution in [0, 0.1) is 6.92 Å². The molecule has 0 spiro atoms. The molecular weight excluding hydrogens is 142 g/mol. The number of nitrogens with zero attached hydrogens (tertiary/aromatic N) is 2. The number of hydrogen-bond acceptors (Lipinski definition) is 4. The fraction of sp³-hybridized carbons (Fsp3) is 0.143. The molecule has 0 aliphatic rings. The van der Waals surface area contributed by atoms with E-state index in [9.17, 15) is 0 Å². The minimum atomic E-state index is -0.0457. The zero-order valence-electron chi connectivity index (χ0n) is 6.15. The number of aliphatic hydroxyl groups excluding tert-OH is 1. The van der Waals surface area contributed by atoms with Crippen molar-refractivity contribution in [2.45, 2.75) is 6.92 Å². The highest BCUT2D eigenvalue weighted by Crippen LogP contribution is 2.08. The topological polar surface area (TPSA) is 72.0 Å². The average molecular weight is 151 g/mol. The Hall–Kier alpha value is -1.58. The molecule has 3 N–H and O–H groups in total. The summed E-state index contributed by atoms with van der Waals surface area (Å²) in [6, 6.07) is 0. The van der Waals surface area contributed by atoms with Crippen LogP contribution in [-0.4, -0.2) is 15.1 Å². The third kappa shape index (κ3) is 1.46. The number of aryl methyl sites for hydroxylation is 1. The second-order valence-corrected chi connectivity index (χ2v) is 2.04. The lowest BCUT2D eigenvalue weighted by Crippen LogP contribution is -1.96. The van der Waals surface area contributed by atoms with Crippen LogP contribution in [0.5, 0.6) is 0 Å². The van der Waals surface area contributed by atoms with Gasteiger partial charge >= 0.3 is 0 Å². The minimum absolute atomic E-state index is 0.0457. The molecule has 4 heteroatoms. The lowest BCUT2D eigenvalue weighted by Gasteiger charge is -1.99. The molecule has 0 unspecified atom stereocenters. The lowest BCUT2D eigenvalue weighted by atomic mass is 10.3. The van der Waals surface area contributed by atoms with Gasteiger partial charge < -0.3 is 10.8 Å². The van der Waals surface area contributed by atoms with Gasteiger partial charge in [-0.25, -0.2) is 4.98 Å². The van der Waals surface area contributed by atoms with Gasteiger partial charge in [-0.1, -0.05) is 0 Å². The van der Waals surface area contributed by atoms with E-state index in [4.69, 9.17) is 10.8 Å². The van der Waals surface area contributed by atoms with E-state index in [-0.39, 0.29) is 5.76 Å². The van der Waals surface area contributed by atoms with Gasteiger partial charge in [-0.15, -0.1) is 0 Å². The highest BCUT2D eigenvalue weighted by Gasteiger charge is 2.02. The Morgan fingerprint density at radius 1 is 1.55 bits per heavy atom. The number of nitrogens with two attached hydrogens (primary N) is 1. The van der Waals surface area contributed by atoms with Gasteiger partial charge in [0.15, 0.2) is 5.76 Å². The summed E-state index contributed by atoms with van der Waals surface area (Å²) in [4.78, 5) is 7.82. The van der Waals surface area contributed by atoms with Crippen molar-refractivity contribution in [1.29, 1.82) is 0 Å². The van der Waals surface area contributed by atoms with Crippen LogP contribution in [0.1, 0.15) is 11.4 Å². The number of aromatic nitrogens is 2. The molecule has 1 aromatic heterocycles. The number of rotatable bonds is 1. The molecule has 0 fully saturated rings. The summed E-state index contributed by atoms with van der Waals surface area (Å²) >= 11 is 0. The van der Waals surface area contributed by atoms with Crippen molar-refractivity contribution in [1.82, 2.24) is 9.97 Å². The molecule has 0 saturated carbocycles. The maximum absolute atomic E-state index is 9.14. The first-order valence-corrected chi connectivity index (χ1v) is 3.14. The summed E-state index contributed by atoms with van der Waals surface area (Å²) in [6.45, 7) is 1.75. The first kappa shape index (κ1) is 7.53. The molecule has 11 heavy (non-hydrogen) atoms. The van der Waals surface area contributed by atoms with Gasteiger partial charge in [0, 0.05) is 18.6 Å². The summed E-state index contributed by atoms with van der Waals surface area (Å²) in [6.07, 6.45) is 4.15. The zero-order valence-corrected chi connectivity index (χ0v) is 6.15. The maximum atomic E-state index is 9.14. The van der Waals surface area contributed by atoms with Gasteiger partial charge in [-0.2, -0.15) is 0 Å². The molecule has 1 aromatic rings. The van der Waals surface area contributed by atoms with Crippen LogP contribution in [0.25, 0.3) is 5.76 Å². The molecule has 58 valence electrons. The van der Waals surface area contributed by atoms with Crippen molar-refractivity contribution in [3.63, 3.8) is 0 Å². The highest BCUT2D eigenvalue weighted by atomic mass is 16.3. The zero-order chi connectivity index (χ0) is 8.27. The smallest absolute Gasteiger partial charge is 0.158 e. The SMILES string of the molecule is Cc1nccnc1/C(O)=C\N. The Morgan fingerprint density at radius 2 is 2.18 bits per heavy atom. The molecule has 0 atom stereocenters. The Kier molecular flexibility index (Phi) is 2.06. The second-order valence-electron chi connectivity index (χ2n) is 2.04. The maximum Gasteiger partial charge on any atom is 0.158 e. The Bertz CT molecular complexity index is 283. The normalized spacial score (nSPS) is 11.5. The second kappa shape index (κ2) is 3.01. The van der Waals surface area contributed by atoms with Crippen molar-refractivity contribution < 1.29 is 5.11 Å². The first-order valence-electron chi connectivity index (χ1n) is 3.14. The molecular formula is C7H9N3O. The molecule has 4 nitrogen and oxygen atoms in total. The monoisotopic (exact) mass is 151 g/mol. The summed E-state index contributed by atoms with van der Waals surface area (Å²) < 4.78 is 0. The van der Waals surface area contributed by atoms with Crippen molar-refractivity contribution in [2.24, 2.45) is 5.73 Å². The van der Waals surface area contributed by atoms with E-state index in [1.165, 1.54) is 6.20 Å². The average Bonchev–Trinajstić information content (AvgIpc) is 2.04. The van der Waals surface area contributed by atoms with Crippen LogP contribution < -0.4 is 5.73 Å². The van der Waals surface area contributed by atoms with Gasteiger partial charge in [0.1, 0.15) is 5.69 Å². The van der Waals surface area contributed by atoms with Crippen LogP contribution in [0.15, 0.2) is 18.6 Å². The highest BCUT2D eigenvalue weighted by molar-refractivity contribution is 5.55. The van der Waals surface area contributed by atoms with Crippen molar-refractivity contribution in [2.75, 3.05) is 0 Å². The molecule has 0 aliphatic heterocycles. The predicted molar refractivity (Wildman–Crippen MR) is 41.6 cm³/mol. The van der Waals surface area contributed by atoms with E-state index >= 15 is 0 Å². The van der Waals surface area contributed by atoms with Gasteiger partial charge in [-0.05, 0) is 6.92 Å². The van der Waals surface area contributed by atoms with Crippen molar-refractivity contribution in [3.05, 3.63) is 30.0 Å². The molecule has 0 saturated heterocycles. The fourth-order valence-electron chi connectivity index (χ4n) is 0.738. The van der Waals surface area contributed by atoms with Gasteiger partial charge in [-0.3, -0.25) is 4.98 Å².